The van der Waals surface area contributed by atoms with Crippen LogP contribution in [0.2, 0.25) is 5.02 Å². The molecule has 0 aromatic heterocycles. The van der Waals surface area contributed by atoms with Crippen LogP contribution in [0.25, 0.3) is 0 Å². The molecule has 0 saturated carbocycles. The van der Waals surface area contributed by atoms with Gasteiger partial charge in [-0.3, -0.25) is 0 Å². The zero-order chi connectivity index (χ0) is 14.6. The number of rotatable bonds is 4. The van der Waals surface area contributed by atoms with Crippen LogP contribution in [-0.4, -0.2) is 25.3 Å². The van der Waals surface area contributed by atoms with E-state index in [0.29, 0.717) is 5.41 Å². The maximum atomic E-state index is 5.98. The monoisotopic (exact) mass is 295 g/mol. The van der Waals surface area contributed by atoms with Gasteiger partial charge in [0.2, 0.25) is 0 Å². The van der Waals surface area contributed by atoms with E-state index < -0.39 is 0 Å². The molecule has 2 rings (SSSR count). The quantitative estimate of drug-likeness (QED) is 0.904. The average molecular weight is 296 g/mol. The van der Waals surface area contributed by atoms with E-state index in [2.05, 4.69) is 38.2 Å². The molecule has 1 aliphatic rings. The van der Waals surface area contributed by atoms with Crippen molar-refractivity contribution in [3.05, 3.63) is 34.9 Å². The molecule has 20 heavy (non-hydrogen) atoms. The van der Waals surface area contributed by atoms with Gasteiger partial charge in [-0.1, -0.05) is 23.7 Å². The maximum Gasteiger partial charge on any atom is 0.0471 e. The molecule has 1 saturated heterocycles. The molecule has 1 aromatic carbocycles. The van der Waals surface area contributed by atoms with Gasteiger partial charge in [-0.2, -0.15) is 0 Å². The van der Waals surface area contributed by atoms with Crippen molar-refractivity contribution in [2.24, 2.45) is 5.41 Å². The minimum atomic E-state index is 0.158. The van der Waals surface area contributed by atoms with Crippen LogP contribution < -0.4 is 5.32 Å². The summed E-state index contributed by atoms with van der Waals surface area (Å²) in [4.78, 5) is 0. The van der Waals surface area contributed by atoms with E-state index in [1.54, 1.807) is 0 Å². The van der Waals surface area contributed by atoms with Crippen LogP contribution in [0.15, 0.2) is 24.3 Å². The third-order valence-corrected chi connectivity index (χ3v) is 4.29. The van der Waals surface area contributed by atoms with Gasteiger partial charge in [0.1, 0.15) is 0 Å². The van der Waals surface area contributed by atoms with Crippen molar-refractivity contribution in [1.82, 2.24) is 5.32 Å². The molecule has 0 bridgehead atoms. The van der Waals surface area contributed by atoms with Crippen LogP contribution in [0, 0.1) is 5.41 Å². The SMILES string of the molecule is CC(C)(C)NCC1(Cc2ccc(Cl)cc2)CCOCC1. The smallest absolute Gasteiger partial charge is 0.0471 e. The first kappa shape index (κ1) is 15.8. The Hall–Kier alpha value is -0.570. The van der Waals surface area contributed by atoms with Crippen molar-refractivity contribution in [2.45, 2.75) is 45.6 Å². The van der Waals surface area contributed by atoms with Crippen molar-refractivity contribution < 1.29 is 4.74 Å². The van der Waals surface area contributed by atoms with E-state index in [1.807, 2.05) is 12.1 Å². The predicted octanol–water partition coefficient (Wildman–Crippen LogP) is 4.07. The van der Waals surface area contributed by atoms with Gasteiger partial charge < -0.3 is 10.1 Å². The van der Waals surface area contributed by atoms with Crippen LogP contribution in [-0.2, 0) is 11.2 Å². The number of hydrogen-bond donors (Lipinski definition) is 1. The van der Waals surface area contributed by atoms with Crippen molar-refractivity contribution in [3.8, 4) is 0 Å². The molecule has 1 N–H and O–H groups in total. The van der Waals surface area contributed by atoms with Gasteiger partial charge in [-0.15, -0.1) is 0 Å². The molecule has 112 valence electrons. The molecule has 1 heterocycles. The number of hydrogen-bond acceptors (Lipinski definition) is 2. The lowest BCUT2D eigenvalue weighted by Crippen LogP contribution is -2.47. The highest BCUT2D eigenvalue weighted by Crippen LogP contribution is 2.34. The fourth-order valence-electron chi connectivity index (χ4n) is 2.71. The Bertz CT molecular complexity index is 416. The Morgan fingerprint density at radius 3 is 2.30 bits per heavy atom. The zero-order valence-corrected chi connectivity index (χ0v) is 13.6. The lowest BCUT2D eigenvalue weighted by molar-refractivity contribution is 0.0121. The van der Waals surface area contributed by atoms with Crippen LogP contribution >= 0.6 is 11.6 Å². The van der Waals surface area contributed by atoms with Gasteiger partial charge in [-0.05, 0) is 63.1 Å². The molecule has 0 radical (unpaired) electrons. The Morgan fingerprint density at radius 2 is 1.75 bits per heavy atom. The molecule has 1 aliphatic heterocycles. The third-order valence-electron chi connectivity index (χ3n) is 4.04. The van der Waals surface area contributed by atoms with Gasteiger partial charge in [-0.25, -0.2) is 0 Å². The Morgan fingerprint density at radius 1 is 1.15 bits per heavy atom. The van der Waals surface area contributed by atoms with Crippen LogP contribution in [0.3, 0.4) is 0 Å². The Balaban J connectivity index is 2.08. The van der Waals surface area contributed by atoms with Crippen molar-refractivity contribution in [3.63, 3.8) is 0 Å². The highest BCUT2D eigenvalue weighted by Gasteiger charge is 2.33. The van der Waals surface area contributed by atoms with Gasteiger partial charge in [0.25, 0.3) is 0 Å². The largest absolute Gasteiger partial charge is 0.381 e. The molecule has 2 nitrogen and oxygen atoms in total. The number of nitrogens with one attached hydrogen (secondary N) is 1. The molecule has 0 aliphatic carbocycles. The van der Waals surface area contributed by atoms with E-state index in [4.69, 9.17) is 16.3 Å². The topological polar surface area (TPSA) is 21.3 Å². The molecule has 0 atom stereocenters. The number of halogens is 1. The maximum absolute atomic E-state index is 5.98. The average Bonchev–Trinajstić information content (AvgIpc) is 2.40. The van der Waals surface area contributed by atoms with Gasteiger partial charge in [0.05, 0.1) is 0 Å². The van der Waals surface area contributed by atoms with E-state index in [0.717, 1.165) is 44.0 Å². The van der Waals surface area contributed by atoms with Crippen molar-refractivity contribution >= 4 is 11.6 Å². The molecule has 1 aromatic rings. The summed E-state index contributed by atoms with van der Waals surface area (Å²) in [6, 6.07) is 8.27. The minimum Gasteiger partial charge on any atom is -0.381 e. The first-order valence-corrected chi connectivity index (χ1v) is 7.84. The second-order valence-electron chi connectivity index (χ2n) is 7.02. The van der Waals surface area contributed by atoms with Gasteiger partial charge in [0.15, 0.2) is 0 Å². The predicted molar refractivity (Wildman–Crippen MR) is 85.4 cm³/mol. The summed E-state index contributed by atoms with van der Waals surface area (Å²) in [7, 11) is 0. The van der Waals surface area contributed by atoms with Crippen LogP contribution in [0.5, 0.6) is 0 Å². The molecule has 0 amide bonds. The summed E-state index contributed by atoms with van der Waals surface area (Å²) >= 11 is 5.98. The summed E-state index contributed by atoms with van der Waals surface area (Å²) in [5, 5.41) is 4.49. The summed E-state index contributed by atoms with van der Waals surface area (Å²) in [6.45, 7) is 9.47. The molecule has 1 fully saturated rings. The second-order valence-corrected chi connectivity index (χ2v) is 7.46. The first-order valence-electron chi connectivity index (χ1n) is 7.46. The van der Waals surface area contributed by atoms with E-state index in [9.17, 15) is 0 Å². The highest BCUT2D eigenvalue weighted by atomic mass is 35.5. The second kappa shape index (κ2) is 6.46. The lowest BCUT2D eigenvalue weighted by Gasteiger charge is -2.40. The van der Waals surface area contributed by atoms with E-state index in [1.165, 1.54) is 5.56 Å². The first-order chi connectivity index (χ1) is 9.39. The summed E-state index contributed by atoms with van der Waals surface area (Å²) in [6.07, 6.45) is 3.34. The summed E-state index contributed by atoms with van der Waals surface area (Å²) in [5.74, 6) is 0. The Kier molecular flexibility index (Phi) is 5.11. The summed E-state index contributed by atoms with van der Waals surface area (Å²) < 4.78 is 5.56. The standard InChI is InChI=1S/C17H26ClNO/c1-16(2,3)19-13-17(8-10-20-11-9-17)12-14-4-6-15(18)7-5-14/h4-7,19H,8-13H2,1-3H3. The van der Waals surface area contributed by atoms with Crippen LogP contribution in [0.4, 0.5) is 0 Å². The van der Waals surface area contributed by atoms with E-state index >= 15 is 0 Å². The number of benzene rings is 1. The minimum absolute atomic E-state index is 0.158. The normalized spacial score (nSPS) is 19.0. The van der Waals surface area contributed by atoms with E-state index in [-0.39, 0.29) is 5.54 Å². The lowest BCUT2D eigenvalue weighted by atomic mass is 9.74. The molecule has 0 unspecified atom stereocenters. The number of ether oxygens (including phenoxy) is 1. The zero-order valence-electron chi connectivity index (χ0n) is 12.8. The molecular weight excluding hydrogens is 270 g/mol. The third kappa shape index (κ3) is 4.76. The van der Waals surface area contributed by atoms with Gasteiger partial charge in [0, 0.05) is 30.3 Å². The molecule has 3 heteroatoms. The fraction of sp³-hybridized carbons (Fsp3) is 0.647. The van der Waals surface area contributed by atoms with Gasteiger partial charge >= 0.3 is 0 Å². The molecule has 0 spiro atoms. The Labute approximate surface area is 127 Å². The fourth-order valence-corrected chi connectivity index (χ4v) is 2.83. The van der Waals surface area contributed by atoms with Crippen molar-refractivity contribution in [1.29, 1.82) is 0 Å². The van der Waals surface area contributed by atoms with Crippen LogP contribution in [0.1, 0.15) is 39.2 Å². The van der Waals surface area contributed by atoms with Crippen molar-refractivity contribution in [2.75, 3.05) is 19.8 Å². The molecular formula is C17H26ClNO. The summed E-state index contributed by atoms with van der Waals surface area (Å²) in [5.41, 5.74) is 1.83. The highest BCUT2D eigenvalue weighted by molar-refractivity contribution is 6.30.